The van der Waals surface area contributed by atoms with Gasteiger partial charge in [0.1, 0.15) is 5.75 Å². The average molecular weight is 320 g/mol. The van der Waals surface area contributed by atoms with Crippen LogP contribution in [0, 0.1) is 0 Å². The van der Waals surface area contributed by atoms with Crippen LogP contribution in [0.25, 0.3) is 22.2 Å². The van der Waals surface area contributed by atoms with E-state index in [-0.39, 0.29) is 0 Å². The molecule has 0 unspecified atom stereocenters. The minimum absolute atomic E-state index is 0.794. The molecule has 0 bridgehead atoms. The summed E-state index contributed by atoms with van der Waals surface area (Å²) in [5.41, 5.74) is 3.52. The van der Waals surface area contributed by atoms with Gasteiger partial charge >= 0.3 is 0 Å². The van der Waals surface area contributed by atoms with Crippen LogP contribution in [0.15, 0.2) is 54.6 Å². The number of aromatic nitrogens is 1. The number of hydrogen-bond acceptors (Lipinski definition) is 2. The minimum Gasteiger partial charge on any atom is -0.494 e. The van der Waals surface area contributed by atoms with Crippen LogP contribution in [0.1, 0.15) is 19.3 Å². The van der Waals surface area contributed by atoms with Gasteiger partial charge in [0.2, 0.25) is 0 Å². The van der Waals surface area contributed by atoms with Gasteiger partial charge in [-0.2, -0.15) is 0 Å². The van der Waals surface area contributed by atoms with Gasteiger partial charge < -0.3 is 14.6 Å². The lowest BCUT2D eigenvalue weighted by Crippen LogP contribution is -2.21. The molecule has 3 aromatic rings. The number of rotatable bonds is 6. The summed E-state index contributed by atoms with van der Waals surface area (Å²) in [6.45, 7) is 4.48. The van der Waals surface area contributed by atoms with E-state index in [2.05, 4.69) is 64.5 Å². The fourth-order valence-electron chi connectivity index (χ4n) is 3.44. The normalized spacial score (nSPS) is 15.2. The Morgan fingerprint density at radius 2 is 1.75 bits per heavy atom. The van der Waals surface area contributed by atoms with Crippen LogP contribution in [-0.2, 0) is 0 Å². The van der Waals surface area contributed by atoms with Crippen LogP contribution in [-0.4, -0.2) is 36.1 Å². The highest BCUT2D eigenvalue weighted by molar-refractivity contribution is 5.85. The summed E-state index contributed by atoms with van der Waals surface area (Å²) in [7, 11) is 0. The van der Waals surface area contributed by atoms with Gasteiger partial charge in [0.25, 0.3) is 0 Å². The topological polar surface area (TPSA) is 28.3 Å². The Morgan fingerprint density at radius 1 is 0.958 bits per heavy atom. The van der Waals surface area contributed by atoms with Crippen LogP contribution >= 0.6 is 0 Å². The van der Waals surface area contributed by atoms with Gasteiger partial charge in [0, 0.05) is 23.1 Å². The molecule has 0 atom stereocenters. The minimum atomic E-state index is 0.794. The van der Waals surface area contributed by atoms with Crippen molar-refractivity contribution in [3.8, 4) is 17.0 Å². The van der Waals surface area contributed by atoms with Gasteiger partial charge in [-0.05, 0) is 74.3 Å². The Labute approximate surface area is 143 Å². The molecule has 0 saturated carbocycles. The highest BCUT2D eigenvalue weighted by atomic mass is 16.5. The lowest BCUT2D eigenvalue weighted by molar-refractivity contribution is 0.263. The molecule has 0 aliphatic carbocycles. The van der Waals surface area contributed by atoms with Crippen molar-refractivity contribution in [2.24, 2.45) is 0 Å². The van der Waals surface area contributed by atoms with Crippen molar-refractivity contribution >= 4 is 10.9 Å². The Hall–Kier alpha value is -2.26. The molecule has 24 heavy (non-hydrogen) atoms. The van der Waals surface area contributed by atoms with Crippen LogP contribution < -0.4 is 4.74 Å². The van der Waals surface area contributed by atoms with Crippen molar-refractivity contribution in [2.45, 2.75) is 19.3 Å². The van der Waals surface area contributed by atoms with Crippen LogP contribution in [0.3, 0.4) is 0 Å². The van der Waals surface area contributed by atoms with Gasteiger partial charge in [0.05, 0.1) is 6.61 Å². The third-order valence-electron chi connectivity index (χ3n) is 4.78. The maximum Gasteiger partial charge on any atom is 0.119 e. The fraction of sp³-hybridized carbons (Fsp3) is 0.333. The zero-order chi connectivity index (χ0) is 16.2. The van der Waals surface area contributed by atoms with Gasteiger partial charge in [0.15, 0.2) is 0 Å². The molecule has 2 heterocycles. The number of benzene rings is 2. The van der Waals surface area contributed by atoms with E-state index in [1.807, 2.05) is 0 Å². The van der Waals surface area contributed by atoms with Gasteiger partial charge in [-0.15, -0.1) is 0 Å². The lowest BCUT2D eigenvalue weighted by Gasteiger charge is -2.14. The Bertz CT molecular complexity index is 752. The zero-order valence-electron chi connectivity index (χ0n) is 14.0. The number of ether oxygens (including phenoxy) is 1. The van der Waals surface area contributed by atoms with Crippen molar-refractivity contribution in [1.29, 1.82) is 0 Å². The van der Waals surface area contributed by atoms with E-state index < -0.39 is 0 Å². The summed E-state index contributed by atoms with van der Waals surface area (Å²) in [6.07, 6.45) is 3.82. The van der Waals surface area contributed by atoms with Crippen LogP contribution in [0.2, 0.25) is 0 Å². The Morgan fingerprint density at radius 3 is 2.54 bits per heavy atom. The standard InChI is InChI=1S/C21H24N2O/c1-2-7-20-18(6-1)16-21(22-20)17-8-10-19(11-9-17)24-15-5-14-23-12-3-4-13-23/h1-2,6-11,16,22H,3-5,12-15H2. The SMILES string of the molecule is c1ccc2[nH]c(-c3ccc(OCCCN4CCCC4)cc3)cc2c1. The fourth-order valence-corrected chi connectivity index (χ4v) is 3.44. The molecule has 1 fully saturated rings. The summed E-state index contributed by atoms with van der Waals surface area (Å²) in [5.74, 6) is 0.955. The molecule has 0 amide bonds. The second-order valence-electron chi connectivity index (χ2n) is 6.55. The van der Waals surface area contributed by atoms with Crippen molar-refractivity contribution in [3.05, 3.63) is 54.6 Å². The molecule has 2 aromatic carbocycles. The molecule has 4 rings (SSSR count). The number of nitrogens with one attached hydrogen (secondary N) is 1. The molecule has 0 spiro atoms. The molecular formula is C21H24N2O. The molecule has 3 heteroatoms. The zero-order valence-corrected chi connectivity index (χ0v) is 14.0. The first-order chi connectivity index (χ1) is 11.9. The maximum absolute atomic E-state index is 5.88. The number of H-pyrrole nitrogens is 1. The number of hydrogen-bond donors (Lipinski definition) is 1. The van der Waals surface area contributed by atoms with Crippen molar-refractivity contribution in [3.63, 3.8) is 0 Å². The highest BCUT2D eigenvalue weighted by Gasteiger charge is 2.10. The van der Waals surface area contributed by atoms with E-state index in [1.54, 1.807) is 0 Å². The second kappa shape index (κ2) is 7.10. The third kappa shape index (κ3) is 3.46. The molecule has 1 N–H and O–H groups in total. The molecule has 3 nitrogen and oxygen atoms in total. The van der Waals surface area contributed by atoms with E-state index in [1.165, 1.54) is 42.4 Å². The number of nitrogens with zero attached hydrogens (tertiary/aromatic N) is 1. The first-order valence-corrected chi connectivity index (χ1v) is 8.92. The van der Waals surface area contributed by atoms with E-state index in [0.717, 1.165) is 31.0 Å². The van der Waals surface area contributed by atoms with Crippen molar-refractivity contribution in [2.75, 3.05) is 26.2 Å². The molecule has 1 aromatic heterocycles. The largest absolute Gasteiger partial charge is 0.494 e. The van der Waals surface area contributed by atoms with Crippen molar-refractivity contribution in [1.82, 2.24) is 9.88 Å². The molecule has 124 valence electrons. The van der Waals surface area contributed by atoms with Crippen LogP contribution in [0.5, 0.6) is 5.75 Å². The van der Waals surface area contributed by atoms with Gasteiger partial charge in [-0.25, -0.2) is 0 Å². The summed E-state index contributed by atoms with van der Waals surface area (Å²) in [5, 5.41) is 1.25. The summed E-state index contributed by atoms with van der Waals surface area (Å²) in [6, 6.07) is 18.9. The monoisotopic (exact) mass is 320 g/mol. The smallest absolute Gasteiger partial charge is 0.119 e. The molecule has 1 aliphatic rings. The van der Waals surface area contributed by atoms with Gasteiger partial charge in [-0.1, -0.05) is 18.2 Å². The van der Waals surface area contributed by atoms with E-state index in [9.17, 15) is 0 Å². The quantitative estimate of drug-likeness (QED) is 0.667. The molecule has 1 saturated heterocycles. The Kier molecular flexibility index (Phi) is 4.52. The number of fused-ring (bicyclic) bond motifs is 1. The van der Waals surface area contributed by atoms with E-state index in [0.29, 0.717) is 0 Å². The first-order valence-electron chi connectivity index (χ1n) is 8.92. The summed E-state index contributed by atoms with van der Waals surface area (Å²) in [4.78, 5) is 6.00. The van der Waals surface area contributed by atoms with Gasteiger partial charge in [-0.3, -0.25) is 0 Å². The third-order valence-corrected chi connectivity index (χ3v) is 4.78. The summed E-state index contributed by atoms with van der Waals surface area (Å²) >= 11 is 0. The number of aromatic amines is 1. The van der Waals surface area contributed by atoms with E-state index >= 15 is 0 Å². The Balaban J connectivity index is 1.34. The van der Waals surface area contributed by atoms with Crippen LogP contribution in [0.4, 0.5) is 0 Å². The number of para-hydroxylation sites is 1. The number of likely N-dealkylation sites (tertiary alicyclic amines) is 1. The lowest BCUT2D eigenvalue weighted by atomic mass is 10.1. The first kappa shape index (κ1) is 15.3. The predicted molar refractivity (Wildman–Crippen MR) is 99.5 cm³/mol. The maximum atomic E-state index is 5.88. The van der Waals surface area contributed by atoms with Crippen molar-refractivity contribution < 1.29 is 4.74 Å². The average Bonchev–Trinajstić information content (AvgIpc) is 3.28. The molecule has 0 radical (unpaired) electrons. The highest BCUT2D eigenvalue weighted by Crippen LogP contribution is 2.25. The van der Waals surface area contributed by atoms with E-state index in [4.69, 9.17) is 4.74 Å². The summed E-state index contributed by atoms with van der Waals surface area (Å²) < 4.78 is 5.88. The predicted octanol–water partition coefficient (Wildman–Crippen LogP) is 4.70. The molecule has 1 aliphatic heterocycles. The molecular weight excluding hydrogens is 296 g/mol. The second-order valence-corrected chi connectivity index (χ2v) is 6.55.